The van der Waals surface area contributed by atoms with Crippen molar-refractivity contribution in [3.05, 3.63) is 35.1 Å². The van der Waals surface area contributed by atoms with E-state index in [0.717, 1.165) is 31.5 Å². The second-order valence-corrected chi connectivity index (χ2v) is 6.01. The topological polar surface area (TPSA) is 21.3 Å². The maximum absolute atomic E-state index is 13.9. The summed E-state index contributed by atoms with van der Waals surface area (Å²) in [5.41, 5.74) is 1.80. The van der Waals surface area contributed by atoms with Crippen molar-refractivity contribution in [2.24, 2.45) is 5.92 Å². The fourth-order valence-corrected chi connectivity index (χ4v) is 3.17. The lowest BCUT2D eigenvalue weighted by Gasteiger charge is -2.30. The fourth-order valence-electron chi connectivity index (χ4n) is 3.17. The lowest BCUT2D eigenvalue weighted by Crippen LogP contribution is -2.27. The molecular weight excluding hydrogens is 265 g/mol. The lowest BCUT2D eigenvalue weighted by atomic mass is 9.85. The molecule has 2 nitrogen and oxygen atoms in total. The summed E-state index contributed by atoms with van der Waals surface area (Å²) >= 11 is 0. The molecule has 1 N–H and O–H groups in total. The Kier molecular flexibility index (Phi) is 6.65. The Morgan fingerprint density at radius 2 is 2.05 bits per heavy atom. The molecule has 118 valence electrons. The van der Waals surface area contributed by atoms with Crippen LogP contribution in [0.15, 0.2) is 18.2 Å². The molecule has 0 heterocycles. The molecule has 2 unspecified atom stereocenters. The van der Waals surface area contributed by atoms with Crippen LogP contribution in [0.25, 0.3) is 0 Å². The van der Waals surface area contributed by atoms with Crippen molar-refractivity contribution in [3.8, 4) is 0 Å². The van der Waals surface area contributed by atoms with Crippen molar-refractivity contribution >= 4 is 0 Å². The molecule has 1 aliphatic rings. The third kappa shape index (κ3) is 4.79. The molecule has 1 aliphatic carbocycles. The number of rotatable bonds is 7. The SMILES string of the molecule is CCNCc1ccc(F)c(COC2CCCCC2CC)c1. The van der Waals surface area contributed by atoms with Crippen LogP contribution in [0.4, 0.5) is 4.39 Å². The minimum atomic E-state index is -0.154. The highest BCUT2D eigenvalue weighted by atomic mass is 19.1. The van der Waals surface area contributed by atoms with Gasteiger partial charge < -0.3 is 10.1 Å². The molecule has 0 bridgehead atoms. The Morgan fingerprint density at radius 1 is 1.24 bits per heavy atom. The van der Waals surface area contributed by atoms with E-state index in [1.165, 1.54) is 19.3 Å². The van der Waals surface area contributed by atoms with Crippen molar-refractivity contribution in [1.82, 2.24) is 5.32 Å². The van der Waals surface area contributed by atoms with Crippen LogP contribution in [-0.4, -0.2) is 12.6 Å². The van der Waals surface area contributed by atoms with Crippen molar-refractivity contribution in [1.29, 1.82) is 0 Å². The quantitative estimate of drug-likeness (QED) is 0.803. The van der Waals surface area contributed by atoms with E-state index in [4.69, 9.17) is 4.74 Å². The standard InChI is InChI=1S/C18H28FNO/c1-3-15-7-5-6-8-18(15)21-13-16-11-14(12-20-4-2)9-10-17(16)19/h9-11,15,18,20H,3-8,12-13H2,1-2H3. The van der Waals surface area contributed by atoms with Gasteiger partial charge in [-0.25, -0.2) is 4.39 Å². The minimum absolute atomic E-state index is 0.154. The monoisotopic (exact) mass is 293 g/mol. The summed E-state index contributed by atoms with van der Waals surface area (Å²) in [6, 6.07) is 5.34. The Morgan fingerprint density at radius 3 is 2.81 bits per heavy atom. The zero-order chi connectivity index (χ0) is 15.1. The molecule has 0 aromatic heterocycles. The summed E-state index contributed by atoms with van der Waals surface area (Å²) in [7, 11) is 0. The van der Waals surface area contributed by atoms with Gasteiger partial charge in [0.15, 0.2) is 0 Å². The van der Waals surface area contributed by atoms with Gasteiger partial charge >= 0.3 is 0 Å². The summed E-state index contributed by atoms with van der Waals surface area (Å²) in [5, 5.41) is 3.27. The molecule has 2 rings (SSSR count). The maximum atomic E-state index is 13.9. The fraction of sp³-hybridized carbons (Fsp3) is 0.667. The van der Waals surface area contributed by atoms with E-state index in [9.17, 15) is 4.39 Å². The zero-order valence-corrected chi connectivity index (χ0v) is 13.3. The molecule has 0 saturated heterocycles. The third-order valence-electron chi connectivity index (χ3n) is 4.51. The summed E-state index contributed by atoms with van der Waals surface area (Å²) in [4.78, 5) is 0. The van der Waals surface area contributed by atoms with Crippen molar-refractivity contribution in [3.63, 3.8) is 0 Å². The van der Waals surface area contributed by atoms with Gasteiger partial charge in [-0.15, -0.1) is 0 Å². The van der Waals surface area contributed by atoms with Crippen LogP contribution in [0.2, 0.25) is 0 Å². The first-order chi connectivity index (χ1) is 10.2. The molecule has 21 heavy (non-hydrogen) atoms. The van der Waals surface area contributed by atoms with Gasteiger partial charge in [0.2, 0.25) is 0 Å². The molecule has 1 aromatic rings. The number of halogens is 1. The molecule has 3 heteroatoms. The van der Waals surface area contributed by atoms with Gasteiger partial charge in [0.25, 0.3) is 0 Å². The van der Waals surface area contributed by atoms with E-state index < -0.39 is 0 Å². The van der Waals surface area contributed by atoms with E-state index >= 15 is 0 Å². The second kappa shape index (κ2) is 8.50. The van der Waals surface area contributed by atoms with Gasteiger partial charge in [0.1, 0.15) is 5.82 Å². The number of hydrogen-bond acceptors (Lipinski definition) is 2. The summed E-state index contributed by atoms with van der Waals surface area (Å²) < 4.78 is 20.0. The van der Waals surface area contributed by atoms with Crippen LogP contribution >= 0.6 is 0 Å². The molecule has 0 amide bonds. The van der Waals surface area contributed by atoms with Crippen LogP contribution in [0.5, 0.6) is 0 Å². The second-order valence-electron chi connectivity index (χ2n) is 6.01. The normalized spacial score (nSPS) is 22.4. The average molecular weight is 293 g/mol. The van der Waals surface area contributed by atoms with Gasteiger partial charge in [0.05, 0.1) is 12.7 Å². The lowest BCUT2D eigenvalue weighted by molar-refractivity contribution is -0.0231. The minimum Gasteiger partial charge on any atom is -0.373 e. The third-order valence-corrected chi connectivity index (χ3v) is 4.51. The molecule has 0 spiro atoms. The van der Waals surface area contributed by atoms with Crippen molar-refractivity contribution in [2.75, 3.05) is 6.54 Å². The smallest absolute Gasteiger partial charge is 0.128 e. The van der Waals surface area contributed by atoms with Crippen LogP contribution in [0.3, 0.4) is 0 Å². The highest BCUT2D eigenvalue weighted by molar-refractivity contribution is 5.24. The predicted molar refractivity (Wildman–Crippen MR) is 84.6 cm³/mol. The van der Waals surface area contributed by atoms with E-state index in [-0.39, 0.29) is 5.82 Å². The average Bonchev–Trinajstić information content (AvgIpc) is 2.53. The number of benzene rings is 1. The number of nitrogens with one attached hydrogen (secondary N) is 1. The largest absolute Gasteiger partial charge is 0.373 e. The molecule has 0 aliphatic heterocycles. The van der Waals surface area contributed by atoms with Crippen LogP contribution in [0.1, 0.15) is 57.1 Å². The first-order valence-corrected chi connectivity index (χ1v) is 8.34. The molecule has 1 saturated carbocycles. The molecule has 1 fully saturated rings. The summed E-state index contributed by atoms with van der Waals surface area (Å²) in [6.45, 7) is 6.40. The van der Waals surface area contributed by atoms with Gasteiger partial charge in [-0.2, -0.15) is 0 Å². The Balaban J connectivity index is 1.94. The molecule has 1 aromatic carbocycles. The van der Waals surface area contributed by atoms with E-state index in [1.54, 1.807) is 6.07 Å². The van der Waals surface area contributed by atoms with Crippen LogP contribution in [0, 0.1) is 11.7 Å². The Hall–Kier alpha value is -0.930. The van der Waals surface area contributed by atoms with Crippen LogP contribution < -0.4 is 5.32 Å². The van der Waals surface area contributed by atoms with E-state index in [0.29, 0.717) is 24.2 Å². The van der Waals surface area contributed by atoms with Gasteiger partial charge in [-0.1, -0.05) is 39.2 Å². The van der Waals surface area contributed by atoms with E-state index in [2.05, 4.69) is 19.2 Å². The first kappa shape index (κ1) is 16.4. The Bertz CT molecular complexity index is 435. The van der Waals surface area contributed by atoms with Crippen LogP contribution in [-0.2, 0) is 17.9 Å². The van der Waals surface area contributed by atoms with Crippen molar-refractivity contribution in [2.45, 2.75) is 65.2 Å². The maximum Gasteiger partial charge on any atom is 0.128 e. The predicted octanol–water partition coefficient (Wildman–Crippen LogP) is 4.42. The molecule has 0 radical (unpaired) electrons. The summed E-state index contributed by atoms with van der Waals surface area (Å²) in [5.74, 6) is 0.492. The zero-order valence-electron chi connectivity index (χ0n) is 13.3. The Labute approximate surface area is 128 Å². The van der Waals surface area contributed by atoms with Crippen molar-refractivity contribution < 1.29 is 9.13 Å². The van der Waals surface area contributed by atoms with Gasteiger partial charge in [-0.05, 0) is 43.0 Å². The van der Waals surface area contributed by atoms with Gasteiger partial charge in [-0.3, -0.25) is 0 Å². The number of ether oxygens (including phenoxy) is 1. The first-order valence-electron chi connectivity index (χ1n) is 8.34. The highest BCUT2D eigenvalue weighted by Gasteiger charge is 2.24. The van der Waals surface area contributed by atoms with Gasteiger partial charge in [0, 0.05) is 12.1 Å². The summed E-state index contributed by atoms with van der Waals surface area (Å²) in [6.07, 6.45) is 6.39. The highest BCUT2D eigenvalue weighted by Crippen LogP contribution is 2.30. The number of hydrogen-bond donors (Lipinski definition) is 1. The molecular formula is C18H28FNO. The molecule has 2 atom stereocenters. The van der Waals surface area contributed by atoms with E-state index in [1.807, 2.05) is 12.1 Å².